The van der Waals surface area contributed by atoms with Gasteiger partial charge in [-0.05, 0) is 77.6 Å². The molecular formula is C40H41N5O2. The van der Waals surface area contributed by atoms with Crippen LogP contribution in [0.25, 0.3) is 22.6 Å². The van der Waals surface area contributed by atoms with Crippen molar-refractivity contribution >= 4 is 46.0 Å². The number of ketones is 2. The van der Waals surface area contributed by atoms with Gasteiger partial charge in [-0.25, -0.2) is 0 Å². The maximum Gasteiger partial charge on any atom is 0.195 e. The van der Waals surface area contributed by atoms with Crippen LogP contribution in [0.5, 0.6) is 0 Å². The van der Waals surface area contributed by atoms with E-state index in [-0.39, 0.29) is 11.6 Å². The number of hydrogen-bond donors (Lipinski definition) is 2. The van der Waals surface area contributed by atoms with Crippen molar-refractivity contribution in [1.29, 1.82) is 5.26 Å². The summed E-state index contributed by atoms with van der Waals surface area (Å²) < 4.78 is 0. The molecule has 47 heavy (non-hydrogen) atoms. The van der Waals surface area contributed by atoms with Crippen molar-refractivity contribution in [2.45, 2.75) is 52.4 Å². The molecule has 1 saturated heterocycles. The molecule has 3 N–H and O–H groups in total. The molecule has 1 fully saturated rings. The number of aromatic nitrogens is 1. The average Bonchev–Trinajstić information content (AvgIpc) is 3.46. The molecule has 0 amide bonds. The molecule has 0 radical (unpaired) electrons. The van der Waals surface area contributed by atoms with Gasteiger partial charge in [-0.3, -0.25) is 14.6 Å². The third kappa shape index (κ3) is 5.48. The molecule has 1 aliphatic carbocycles. The van der Waals surface area contributed by atoms with Gasteiger partial charge in [0.15, 0.2) is 11.6 Å². The van der Waals surface area contributed by atoms with Crippen molar-refractivity contribution in [3.05, 3.63) is 112 Å². The number of benzene rings is 3. The van der Waals surface area contributed by atoms with E-state index in [0.29, 0.717) is 35.6 Å². The van der Waals surface area contributed by atoms with Crippen molar-refractivity contribution in [1.82, 2.24) is 4.98 Å². The molecule has 0 atom stereocenters. The summed E-state index contributed by atoms with van der Waals surface area (Å²) in [6.07, 6.45) is 7.34. The van der Waals surface area contributed by atoms with Crippen molar-refractivity contribution in [3.63, 3.8) is 0 Å². The van der Waals surface area contributed by atoms with Gasteiger partial charge in [0.25, 0.3) is 0 Å². The van der Waals surface area contributed by atoms with Gasteiger partial charge in [0.2, 0.25) is 0 Å². The van der Waals surface area contributed by atoms with Gasteiger partial charge in [-0.1, -0.05) is 46.4 Å². The number of aryl methyl sites for hydroxylation is 1. The molecule has 2 aliphatic rings. The fourth-order valence-electron chi connectivity index (χ4n) is 7.08. The Hall–Kier alpha value is -5.22. The molecule has 0 saturated carbocycles. The standard InChI is InChI=1S/C40H41N5O2/c1-6-9-36(46)30-13-11-29(15-26(30)7-2)45-22-25(23-45)20-43-21-28(19-42)32-17-34-33(16-27(32)8-3)38(47)37-31-12-10-24(18-41)14-35(31)44-39(37)40(34,4)5/h7,10-17,19,21,25,44H,2,6,8-9,20,22-23,42H2,1,3-5H3. The summed E-state index contributed by atoms with van der Waals surface area (Å²) in [4.78, 5) is 37.1. The lowest BCUT2D eigenvalue weighted by Gasteiger charge is -2.40. The van der Waals surface area contributed by atoms with Gasteiger partial charge in [-0.15, -0.1) is 0 Å². The van der Waals surface area contributed by atoms with Crippen LogP contribution in [0, 0.1) is 17.2 Å². The minimum Gasteiger partial charge on any atom is -0.404 e. The van der Waals surface area contributed by atoms with Crippen molar-refractivity contribution in [2.75, 3.05) is 24.5 Å². The number of carbonyl (C=O) groups excluding carboxylic acids is 2. The summed E-state index contributed by atoms with van der Waals surface area (Å²) in [6, 6.07) is 17.8. The zero-order valence-corrected chi connectivity index (χ0v) is 27.6. The number of Topliss-reactive ketones (excluding diaryl/α,β-unsaturated/α-hetero) is 1. The summed E-state index contributed by atoms with van der Waals surface area (Å²) in [6.45, 7) is 14.7. The van der Waals surface area contributed by atoms with E-state index in [4.69, 9.17) is 10.7 Å². The van der Waals surface area contributed by atoms with E-state index in [2.05, 4.69) is 55.4 Å². The molecule has 4 aromatic rings. The number of hydrogen-bond acceptors (Lipinski definition) is 6. The van der Waals surface area contributed by atoms with Crippen molar-refractivity contribution < 1.29 is 9.59 Å². The molecular weight excluding hydrogens is 582 g/mol. The summed E-state index contributed by atoms with van der Waals surface area (Å²) in [5, 5.41) is 10.3. The van der Waals surface area contributed by atoms with Crippen LogP contribution in [-0.2, 0) is 11.8 Å². The zero-order chi connectivity index (χ0) is 33.5. The number of nitrogens with two attached hydrogens (primary N) is 1. The molecule has 0 bridgehead atoms. The largest absolute Gasteiger partial charge is 0.404 e. The summed E-state index contributed by atoms with van der Waals surface area (Å²) in [5.41, 5.74) is 15.8. The average molecular weight is 624 g/mol. The lowest BCUT2D eigenvalue weighted by Crippen LogP contribution is -2.48. The van der Waals surface area contributed by atoms with Gasteiger partial charge >= 0.3 is 0 Å². The second-order valence-corrected chi connectivity index (χ2v) is 13.1. The number of carbonyl (C=O) groups is 2. The minimum absolute atomic E-state index is 0.00424. The van der Waals surface area contributed by atoms with Gasteiger partial charge < -0.3 is 15.6 Å². The number of nitrogens with zero attached hydrogens (tertiary/aromatic N) is 3. The molecule has 3 aromatic carbocycles. The van der Waals surface area contributed by atoms with Gasteiger partial charge in [0.1, 0.15) is 0 Å². The topological polar surface area (TPSA) is 115 Å². The molecule has 1 aromatic heterocycles. The van der Waals surface area contributed by atoms with E-state index >= 15 is 0 Å². The first-order valence-electron chi connectivity index (χ1n) is 16.4. The number of nitrogens with one attached hydrogen (secondary N) is 1. The normalized spacial score (nSPS) is 15.8. The summed E-state index contributed by atoms with van der Waals surface area (Å²) in [7, 11) is 0. The van der Waals surface area contributed by atoms with Crippen molar-refractivity contribution in [3.8, 4) is 6.07 Å². The number of fused-ring (bicyclic) bond motifs is 4. The summed E-state index contributed by atoms with van der Waals surface area (Å²) in [5.74, 6) is 0.563. The van der Waals surface area contributed by atoms with E-state index < -0.39 is 5.41 Å². The number of aliphatic imine (C=N–C) groups is 1. The van der Waals surface area contributed by atoms with Gasteiger partial charge in [0, 0.05) is 88.8 Å². The first-order valence-corrected chi connectivity index (χ1v) is 16.4. The second kappa shape index (κ2) is 12.5. The van der Waals surface area contributed by atoms with Gasteiger partial charge in [-0.2, -0.15) is 5.26 Å². The Morgan fingerprint density at radius 3 is 2.62 bits per heavy atom. The lowest BCUT2D eigenvalue weighted by molar-refractivity contribution is 0.0980. The first kappa shape index (κ1) is 31.7. The highest BCUT2D eigenvalue weighted by Gasteiger charge is 2.40. The second-order valence-electron chi connectivity index (χ2n) is 13.1. The SMILES string of the molecule is C=Cc1cc(N2CC(CN=CC(=CN)c3cc4c(cc3CC)C(=O)c3c([nH]c5cc(C#N)ccc35)C4(C)C)C2)ccc1C(=O)CCC. The Bertz CT molecular complexity index is 2030. The molecule has 6 rings (SSSR count). The van der Waals surface area contributed by atoms with E-state index in [1.54, 1.807) is 18.3 Å². The van der Waals surface area contributed by atoms with E-state index in [0.717, 1.165) is 81.6 Å². The quantitative estimate of drug-likeness (QED) is 0.139. The molecule has 1 aliphatic heterocycles. The Labute approximate surface area is 276 Å². The molecule has 7 heteroatoms. The molecule has 7 nitrogen and oxygen atoms in total. The van der Waals surface area contributed by atoms with Crippen LogP contribution in [0.2, 0.25) is 0 Å². The molecule has 2 heterocycles. The number of nitriles is 1. The van der Waals surface area contributed by atoms with Crippen LogP contribution in [0.3, 0.4) is 0 Å². The minimum atomic E-state index is -0.482. The van der Waals surface area contributed by atoms with E-state index in [1.165, 1.54) is 0 Å². The monoisotopic (exact) mass is 623 g/mol. The molecule has 238 valence electrons. The van der Waals surface area contributed by atoms with Crippen LogP contribution < -0.4 is 10.6 Å². The van der Waals surface area contributed by atoms with Crippen LogP contribution in [-0.4, -0.2) is 42.4 Å². The van der Waals surface area contributed by atoms with Gasteiger partial charge in [0.05, 0.1) is 17.2 Å². The maximum atomic E-state index is 14.0. The third-order valence-corrected chi connectivity index (χ3v) is 9.76. The highest BCUT2D eigenvalue weighted by Crippen LogP contribution is 2.45. The Morgan fingerprint density at radius 2 is 1.94 bits per heavy atom. The summed E-state index contributed by atoms with van der Waals surface area (Å²) >= 11 is 0. The highest BCUT2D eigenvalue weighted by molar-refractivity contribution is 6.20. The highest BCUT2D eigenvalue weighted by atomic mass is 16.1. The molecule has 0 unspecified atom stereocenters. The zero-order valence-electron chi connectivity index (χ0n) is 27.6. The number of rotatable bonds is 10. The lowest BCUT2D eigenvalue weighted by atomic mass is 9.70. The van der Waals surface area contributed by atoms with Crippen LogP contribution in [0.1, 0.15) is 100 Å². The predicted molar refractivity (Wildman–Crippen MR) is 191 cm³/mol. The number of H-pyrrole nitrogens is 1. The fraction of sp³-hybridized carbons (Fsp3) is 0.300. The first-order chi connectivity index (χ1) is 22.6. The molecule has 0 spiro atoms. The predicted octanol–water partition coefficient (Wildman–Crippen LogP) is 7.60. The number of anilines is 1. The smallest absolute Gasteiger partial charge is 0.195 e. The fourth-order valence-corrected chi connectivity index (χ4v) is 7.08. The Balaban J connectivity index is 1.20. The maximum absolute atomic E-state index is 14.0. The van der Waals surface area contributed by atoms with Crippen LogP contribution in [0.15, 0.2) is 66.3 Å². The van der Waals surface area contributed by atoms with Crippen LogP contribution >= 0.6 is 0 Å². The Morgan fingerprint density at radius 1 is 1.15 bits per heavy atom. The van der Waals surface area contributed by atoms with E-state index in [1.807, 2.05) is 43.5 Å². The number of allylic oxidation sites excluding steroid dienone is 1. The van der Waals surface area contributed by atoms with Crippen molar-refractivity contribution in [2.24, 2.45) is 16.6 Å². The Kier molecular flexibility index (Phi) is 8.46. The van der Waals surface area contributed by atoms with E-state index in [9.17, 15) is 14.9 Å². The van der Waals surface area contributed by atoms with Crippen LogP contribution in [0.4, 0.5) is 5.69 Å². The third-order valence-electron chi connectivity index (χ3n) is 9.76. The number of aromatic amines is 1.